The van der Waals surface area contributed by atoms with Gasteiger partial charge in [0, 0.05) is 18.8 Å². The molecule has 0 fully saturated rings. The average molecular weight is 396 g/mol. The number of thioether (sulfide) groups is 1. The van der Waals surface area contributed by atoms with Gasteiger partial charge < -0.3 is 14.9 Å². The van der Waals surface area contributed by atoms with Crippen molar-refractivity contribution in [1.82, 2.24) is 29.1 Å². The molecule has 4 aromatic rings. The Morgan fingerprint density at radius 1 is 1.11 bits per heavy atom. The first-order chi connectivity index (χ1) is 13.6. The molecule has 4 rings (SSSR count). The minimum absolute atomic E-state index is 0.428. The van der Waals surface area contributed by atoms with Crippen molar-refractivity contribution in [1.29, 1.82) is 0 Å². The van der Waals surface area contributed by atoms with Crippen LogP contribution >= 0.6 is 11.8 Å². The van der Waals surface area contributed by atoms with Crippen LogP contribution in [-0.2, 0) is 13.1 Å². The Labute approximate surface area is 168 Å². The van der Waals surface area contributed by atoms with Gasteiger partial charge in [-0.25, -0.2) is 19.9 Å². The summed E-state index contributed by atoms with van der Waals surface area (Å²) >= 11 is 1.82. The average Bonchev–Trinajstić information content (AvgIpc) is 3.25. The van der Waals surface area contributed by atoms with Crippen molar-refractivity contribution in [2.45, 2.75) is 44.9 Å². The van der Waals surface area contributed by atoms with Crippen LogP contribution in [0.3, 0.4) is 0 Å². The van der Waals surface area contributed by atoms with Crippen molar-refractivity contribution in [3.05, 3.63) is 36.9 Å². The number of nitrogen functional groups attached to an aromatic ring is 1. The number of aromatic nitrogens is 6. The van der Waals surface area contributed by atoms with Crippen LogP contribution in [-0.4, -0.2) is 34.8 Å². The minimum atomic E-state index is 0.428. The fourth-order valence-corrected chi connectivity index (χ4v) is 4.19. The van der Waals surface area contributed by atoms with E-state index < -0.39 is 0 Å². The van der Waals surface area contributed by atoms with Crippen molar-refractivity contribution < 1.29 is 0 Å². The third kappa shape index (κ3) is 3.82. The van der Waals surface area contributed by atoms with Crippen molar-refractivity contribution >= 4 is 39.8 Å². The summed E-state index contributed by atoms with van der Waals surface area (Å²) in [6.07, 6.45) is 5.42. The smallest absolute Gasteiger partial charge is 0.169 e. The lowest BCUT2D eigenvalue weighted by Crippen LogP contribution is -2.04. The molecule has 1 aromatic carbocycles. The van der Waals surface area contributed by atoms with E-state index in [-0.39, 0.29) is 0 Å². The maximum absolute atomic E-state index is 5.86. The van der Waals surface area contributed by atoms with Gasteiger partial charge in [-0.15, -0.1) is 0 Å². The van der Waals surface area contributed by atoms with Gasteiger partial charge in [0.15, 0.2) is 16.6 Å². The van der Waals surface area contributed by atoms with Crippen LogP contribution in [0.2, 0.25) is 0 Å². The van der Waals surface area contributed by atoms with E-state index in [9.17, 15) is 0 Å². The molecule has 0 aliphatic rings. The van der Waals surface area contributed by atoms with Gasteiger partial charge >= 0.3 is 0 Å². The molecule has 0 atom stereocenters. The fourth-order valence-electron chi connectivity index (χ4n) is 3.23. The highest BCUT2D eigenvalue weighted by Gasteiger charge is 2.12. The number of nitrogens with zero attached hydrogens (tertiary/aromatic N) is 6. The number of benzene rings is 1. The zero-order chi connectivity index (χ0) is 19.5. The second-order valence-electron chi connectivity index (χ2n) is 7.29. The molecule has 146 valence electrons. The van der Waals surface area contributed by atoms with E-state index in [2.05, 4.69) is 51.6 Å². The molecule has 3 aromatic heterocycles. The SMILES string of the molecule is CC(C)CCn1c(SCCCn2cnc3c(N)ncnc32)nc2ccccc21. The summed E-state index contributed by atoms with van der Waals surface area (Å²) < 4.78 is 4.40. The molecule has 0 bridgehead atoms. The number of aryl methyl sites for hydroxylation is 2. The van der Waals surface area contributed by atoms with E-state index in [0.29, 0.717) is 17.3 Å². The van der Waals surface area contributed by atoms with Crippen LogP contribution in [0.25, 0.3) is 22.2 Å². The van der Waals surface area contributed by atoms with E-state index in [1.54, 1.807) is 6.33 Å². The fraction of sp³-hybridized carbons (Fsp3) is 0.400. The number of anilines is 1. The molecule has 28 heavy (non-hydrogen) atoms. The van der Waals surface area contributed by atoms with E-state index in [1.165, 1.54) is 11.8 Å². The third-order valence-electron chi connectivity index (χ3n) is 4.75. The van der Waals surface area contributed by atoms with E-state index >= 15 is 0 Å². The molecule has 0 radical (unpaired) electrons. The maximum atomic E-state index is 5.86. The second kappa shape index (κ2) is 8.18. The molecule has 0 saturated carbocycles. The van der Waals surface area contributed by atoms with E-state index in [1.807, 2.05) is 22.4 Å². The van der Waals surface area contributed by atoms with E-state index in [4.69, 9.17) is 10.7 Å². The summed E-state index contributed by atoms with van der Waals surface area (Å²) in [5.41, 5.74) is 9.62. The van der Waals surface area contributed by atoms with Crippen LogP contribution in [0.5, 0.6) is 0 Å². The molecule has 3 heterocycles. The van der Waals surface area contributed by atoms with Gasteiger partial charge in [0.25, 0.3) is 0 Å². The zero-order valence-corrected chi connectivity index (χ0v) is 17.1. The lowest BCUT2D eigenvalue weighted by Gasteiger charge is -2.10. The molecular formula is C20H25N7S. The number of fused-ring (bicyclic) bond motifs is 2. The van der Waals surface area contributed by atoms with Gasteiger partial charge in [-0.05, 0) is 30.9 Å². The van der Waals surface area contributed by atoms with Crippen molar-refractivity contribution in [3.8, 4) is 0 Å². The van der Waals surface area contributed by atoms with Crippen molar-refractivity contribution in [2.24, 2.45) is 5.92 Å². The number of hydrogen-bond donors (Lipinski definition) is 1. The predicted octanol–water partition coefficient (Wildman–Crippen LogP) is 3.99. The van der Waals surface area contributed by atoms with Gasteiger partial charge in [-0.1, -0.05) is 37.7 Å². The zero-order valence-electron chi connectivity index (χ0n) is 16.2. The van der Waals surface area contributed by atoms with Crippen LogP contribution in [0, 0.1) is 5.92 Å². The molecule has 2 N–H and O–H groups in total. The van der Waals surface area contributed by atoms with Crippen LogP contribution < -0.4 is 5.73 Å². The first-order valence-electron chi connectivity index (χ1n) is 9.63. The summed E-state index contributed by atoms with van der Waals surface area (Å²) in [7, 11) is 0. The number of nitrogens with two attached hydrogens (primary N) is 1. The highest BCUT2D eigenvalue weighted by Crippen LogP contribution is 2.26. The van der Waals surface area contributed by atoms with Gasteiger partial charge in [0.05, 0.1) is 17.4 Å². The van der Waals surface area contributed by atoms with Gasteiger partial charge in [0.1, 0.15) is 11.8 Å². The summed E-state index contributed by atoms with van der Waals surface area (Å²) in [5.74, 6) is 2.07. The first-order valence-corrected chi connectivity index (χ1v) is 10.6. The maximum Gasteiger partial charge on any atom is 0.169 e. The molecule has 0 amide bonds. The van der Waals surface area contributed by atoms with Crippen LogP contribution in [0.15, 0.2) is 42.1 Å². The molecule has 0 aliphatic carbocycles. The Balaban J connectivity index is 1.43. The lowest BCUT2D eigenvalue weighted by molar-refractivity contribution is 0.503. The van der Waals surface area contributed by atoms with Crippen LogP contribution in [0.4, 0.5) is 5.82 Å². The number of imidazole rings is 2. The Hall–Kier alpha value is -2.61. The number of rotatable bonds is 8. The summed E-state index contributed by atoms with van der Waals surface area (Å²) in [6.45, 7) is 6.37. The Kier molecular flexibility index (Phi) is 5.47. The molecule has 0 spiro atoms. The standard InChI is InChI=1S/C20H25N7S/c1-14(2)8-10-27-16-7-4-3-6-15(16)25-20(27)28-11-5-9-26-13-24-17-18(21)22-12-23-19(17)26/h3-4,6-7,12-14H,5,8-11H2,1-2H3,(H2,21,22,23). The highest BCUT2D eigenvalue weighted by molar-refractivity contribution is 7.99. The number of para-hydroxylation sites is 2. The molecule has 8 heteroatoms. The van der Waals surface area contributed by atoms with Crippen molar-refractivity contribution in [3.63, 3.8) is 0 Å². The largest absolute Gasteiger partial charge is 0.382 e. The molecule has 7 nitrogen and oxygen atoms in total. The summed E-state index contributed by atoms with van der Waals surface area (Å²) in [6, 6.07) is 8.39. The topological polar surface area (TPSA) is 87.4 Å². The highest BCUT2D eigenvalue weighted by atomic mass is 32.2. The number of hydrogen-bond acceptors (Lipinski definition) is 6. The Bertz CT molecular complexity index is 1080. The Morgan fingerprint density at radius 3 is 2.82 bits per heavy atom. The van der Waals surface area contributed by atoms with Crippen molar-refractivity contribution in [2.75, 3.05) is 11.5 Å². The van der Waals surface area contributed by atoms with E-state index in [0.717, 1.165) is 48.0 Å². The Morgan fingerprint density at radius 2 is 1.96 bits per heavy atom. The predicted molar refractivity (Wildman–Crippen MR) is 114 cm³/mol. The second-order valence-corrected chi connectivity index (χ2v) is 8.35. The van der Waals surface area contributed by atoms with Crippen LogP contribution in [0.1, 0.15) is 26.7 Å². The van der Waals surface area contributed by atoms with Gasteiger partial charge in [-0.2, -0.15) is 0 Å². The molecule has 0 aliphatic heterocycles. The van der Waals surface area contributed by atoms with Gasteiger partial charge in [-0.3, -0.25) is 0 Å². The molecular weight excluding hydrogens is 370 g/mol. The summed E-state index contributed by atoms with van der Waals surface area (Å²) in [4.78, 5) is 17.5. The normalized spacial score (nSPS) is 11.8. The lowest BCUT2D eigenvalue weighted by atomic mass is 10.1. The molecule has 0 saturated heterocycles. The summed E-state index contributed by atoms with van der Waals surface area (Å²) in [5, 5.41) is 1.10. The quantitative estimate of drug-likeness (QED) is 0.358. The van der Waals surface area contributed by atoms with Gasteiger partial charge in [0.2, 0.25) is 0 Å². The monoisotopic (exact) mass is 395 g/mol. The third-order valence-corrected chi connectivity index (χ3v) is 5.82. The molecule has 0 unspecified atom stereocenters. The minimum Gasteiger partial charge on any atom is -0.382 e. The first kappa shape index (κ1) is 18.7.